The second-order valence-electron chi connectivity index (χ2n) is 5.79. The van der Waals surface area contributed by atoms with Gasteiger partial charge < -0.3 is 14.9 Å². The topological polar surface area (TPSA) is 61.7 Å². The fourth-order valence-corrected chi connectivity index (χ4v) is 2.54. The lowest BCUT2D eigenvalue weighted by Crippen LogP contribution is -2.10. The molecule has 2 N–H and O–H groups in total. The van der Waals surface area contributed by atoms with Crippen molar-refractivity contribution in [3.63, 3.8) is 0 Å². The molecule has 0 unspecified atom stereocenters. The van der Waals surface area contributed by atoms with Gasteiger partial charge in [0.05, 0.1) is 18.2 Å². The summed E-state index contributed by atoms with van der Waals surface area (Å²) < 4.78 is 4.25. The van der Waals surface area contributed by atoms with E-state index in [4.69, 9.17) is 10.7 Å². The molecule has 2 aromatic heterocycles. The largest absolute Gasteiger partial charge is 0.383 e. The van der Waals surface area contributed by atoms with E-state index in [0.717, 1.165) is 36.0 Å². The van der Waals surface area contributed by atoms with Crippen molar-refractivity contribution in [1.82, 2.24) is 19.1 Å². The molecule has 2 heterocycles. The Morgan fingerprint density at radius 3 is 2.45 bits per heavy atom. The number of hydrogen-bond acceptors (Lipinski definition) is 3. The monoisotopic (exact) mass is 275 g/mol. The van der Waals surface area contributed by atoms with Crippen molar-refractivity contribution in [2.24, 2.45) is 0 Å². The number of nitrogen functional groups attached to an aromatic ring is 1. The Labute approximate surface area is 120 Å². The van der Waals surface area contributed by atoms with Gasteiger partial charge in [-0.2, -0.15) is 0 Å². The van der Waals surface area contributed by atoms with Crippen LogP contribution in [-0.4, -0.2) is 19.1 Å². The summed E-state index contributed by atoms with van der Waals surface area (Å²) in [6.07, 6.45) is 4.76. The Hall–Kier alpha value is -1.78. The van der Waals surface area contributed by atoms with Crippen LogP contribution in [0, 0.1) is 0 Å². The molecule has 0 fully saturated rings. The zero-order chi connectivity index (χ0) is 14.9. The van der Waals surface area contributed by atoms with Gasteiger partial charge in [0.15, 0.2) is 0 Å². The van der Waals surface area contributed by atoms with Crippen LogP contribution in [0.2, 0.25) is 0 Å². The zero-order valence-corrected chi connectivity index (χ0v) is 13.1. The lowest BCUT2D eigenvalue weighted by Gasteiger charge is -2.15. The van der Waals surface area contributed by atoms with Crippen molar-refractivity contribution in [3.8, 4) is 11.4 Å². The summed E-state index contributed by atoms with van der Waals surface area (Å²) in [5.41, 5.74) is 8.22. The molecule has 2 aromatic rings. The van der Waals surface area contributed by atoms with Crippen molar-refractivity contribution in [1.29, 1.82) is 0 Å². The highest BCUT2D eigenvalue weighted by Crippen LogP contribution is 2.31. The summed E-state index contributed by atoms with van der Waals surface area (Å²) in [5, 5.41) is 0. The van der Waals surface area contributed by atoms with Crippen molar-refractivity contribution in [2.45, 2.75) is 59.5 Å². The number of imidazole rings is 2. The smallest absolute Gasteiger partial charge is 0.133 e. The van der Waals surface area contributed by atoms with Crippen molar-refractivity contribution < 1.29 is 0 Å². The molecule has 0 saturated carbocycles. The lowest BCUT2D eigenvalue weighted by molar-refractivity contribution is 0.556. The van der Waals surface area contributed by atoms with Crippen LogP contribution in [0.5, 0.6) is 0 Å². The maximum absolute atomic E-state index is 6.36. The van der Waals surface area contributed by atoms with Crippen molar-refractivity contribution >= 4 is 5.82 Å². The number of rotatable bonds is 5. The third-order valence-electron chi connectivity index (χ3n) is 3.43. The zero-order valence-electron chi connectivity index (χ0n) is 13.1. The number of aryl methyl sites for hydroxylation is 1. The highest BCUT2D eigenvalue weighted by Gasteiger charge is 2.21. The van der Waals surface area contributed by atoms with Gasteiger partial charge in [0.25, 0.3) is 0 Å². The molecule has 0 aromatic carbocycles. The van der Waals surface area contributed by atoms with Gasteiger partial charge in [-0.1, -0.05) is 20.8 Å². The van der Waals surface area contributed by atoms with Gasteiger partial charge in [-0.3, -0.25) is 0 Å². The van der Waals surface area contributed by atoms with Crippen LogP contribution in [0.1, 0.15) is 58.8 Å². The molecule has 0 aliphatic carbocycles. The molecule has 5 nitrogen and oxygen atoms in total. The van der Waals surface area contributed by atoms with Crippen LogP contribution in [-0.2, 0) is 6.54 Å². The van der Waals surface area contributed by atoms with Crippen LogP contribution < -0.4 is 5.73 Å². The fraction of sp³-hybridized carbons (Fsp3) is 0.600. The van der Waals surface area contributed by atoms with Gasteiger partial charge >= 0.3 is 0 Å². The van der Waals surface area contributed by atoms with Gasteiger partial charge in [-0.25, -0.2) is 9.97 Å². The SMILES string of the molecule is CCCn1cncc1-c1nc(C(C)C)n(C(C)C)c1N. The highest BCUT2D eigenvalue weighted by molar-refractivity contribution is 5.68. The molecule has 110 valence electrons. The number of aromatic nitrogens is 4. The molecule has 0 bridgehead atoms. The minimum Gasteiger partial charge on any atom is -0.383 e. The van der Waals surface area contributed by atoms with E-state index in [1.54, 1.807) is 0 Å². The maximum atomic E-state index is 6.36. The Balaban J connectivity index is 2.57. The van der Waals surface area contributed by atoms with Crippen LogP contribution in [0.3, 0.4) is 0 Å². The first-order valence-corrected chi connectivity index (χ1v) is 7.35. The predicted octanol–water partition coefficient (Wildman–Crippen LogP) is 3.44. The Bertz CT molecular complexity index is 577. The molecule has 2 rings (SSSR count). The fourth-order valence-electron chi connectivity index (χ4n) is 2.54. The molecule has 5 heteroatoms. The van der Waals surface area contributed by atoms with E-state index in [9.17, 15) is 0 Å². The van der Waals surface area contributed by atoms with Gasteiger partial charge in [0.2, 0.25) is 0 Å². The van der Waals surface area contributed by atoms with E-state index in [2.05, 4.69) is 48.7 Å². The van der Waals surface area contributed by atoms with Gasteiger partial charge in [-0.05, 0) is 20.3 Å². The molecule has 0 radical (unpaired) electrons. The number of nitrogens with two attached hydrogens (primary N) is 1. The molecular weight excluding hydrogens is 250 g/mol. The van der Waals surface area contributed by atoms with E-state index < -0.39 is 0 Å². The molecule has 0 atom stereocenters. The first-order chi connectivity index (χ1) is 9.47. The number of nitrogens with zero attached hydrogens (tertiary/aromatic N) is 4. The maximum Gasteiger partial charge on any atom is 0.133 e. The highest BCUT2D eigenvalue weighted by atomic mass is 15.2. The van der Waals surface area contributed by atoms with Crippen LogP contribution >= 0.6 is 0 Å². The van der Waals surface area contributed by atoms with E-state index in [1.165, 1.54) is 0 Å². The van der Waals surface area contributed by atoms with Crippen LogP contribution in [0.25, 0.3) is 11.4 Å². The molecule has 0 saturated heterocycles. The van der Waals surface area contributed by atoms with Crippen molar-refractivity contribution in [2.75, 3.05) is 5.73 Å². The molecular formula is C15H25N5. The van der Waals surface area contributed by atoms with E-state index >= 15 is 0 Å². The summed E-state index contributed by atoms with van der Waals surface area (Å²) in [4.78, 5) is 9.04. The summed E-state index contributed by atoms with van der Waals surface area (Å²) >= 11 is 0. The summed E-state index contributed by atoms with van der Waals surface area (Å²) in [6.45, 7) is 11.6. The first-order valence-electron chi connectivity index (χ1n) is 7.35. The summed E-state index contributed by atoms with van der Waals surface area (Å²) in [6, 6.07) is 0.302. The Morgan fingerprint density at radius 2 is 1.95 bits per heavy atom. The third-order valence-corrected chi connectivity index (χ3v) is 3.43. The average Bonchev–Trinajstić information content (AvgIpc) is 2.93. The third kappa shape index (κ3) is 2.44. The Kier molecular flexibility index (Phi) is 4.16. The predicted molar refractivity (Wildman–Crippen MR) is 82.6 cm³/mol. The van der Waals surface area contributed by atoms with Gasteiger partial charge in [0, 0.05) is 18.5 Å². The summed E-state index contributed by atoms with van der Waals surface area (Å²) in [7, 11) is 0. The molecule has 20 heavy (non-hydrogen) atoms. The molecule has 0 aliphatic rings. The second kappa shape index (κ2) is 5.69. The minimum absolute atomic E-state index is 0.302. The lowest BCUT2D eigenvalue weighted by atomic mass is 10.2. The van der Waals surface area contributed by atoms with Gasteiger partial charge in [0.1, 0.15) is 17.3 Å². The molecule has 0 aliphatic heterocycles. The number of anilines is 1. The normalized spacial score (nSPS) is 11.8. The quantitative estimate of drug-likeness (QED) is 0.909. The van der Waals surface area contributed by atoms with Gasteiger partial charge in [-0.15, -0.1) is 0 Å². The van der Waals surface area contributed by atoms with E-state index in [-0.39, 0.29) is 0 Å². The van der Waals surface area contributed by atoms with Crippen molar-refractivity contribution in [3.05, 3.63) is 18.3 Å². The summed E-state index contributed by atoms with van der Waals surface area (Å²) in [5.74, 6) is 2.12. The first kappa shape index (κ1) is 14.6. The molecule has 0 spiro atoms. The second-order valence-corrected chi connectivity index (χ2v) is 5.79. The number of hydrogen-bond donors (Lipinski definition) is 1. The average molecular weight is 275 g/mol. The standard InChI is InChI=1S/C15H25N5/c1-6-7-19-9-17-8-12(19)13-14(16)20(11(4)5)15(18-13)10(2)3/h8-11H,6-7,16H2,1-5H3. The van der Waals surface area contributed by atoms with E-state index in [1.807, 2.05) is 12.5 Å². The molecule has 0 amide bonds. The van der Waals surface area contributed by atoms with E-state index in [0.29, 0.717) is 12.0 Å². The van der Waals surface area contributed by atoms with Crippen LogP contribution in [0.15, 0.2) is 12.5 Å². The Morgan fingerprint density at radius 1 is 1.25 bits per heavy atom. The van der Waals surface area contributed by atoms with Crippen LogP contribution in [0.4, 0.5) is 5.82 Å². The minimum atomic E-state index is 0.302.